The third-order valence-corrected chi connectivity index (χ3v) is 15.1. The number of carbonyl (C=O) groups excluding carboxylic acids is 5. The summed E-state index contributed by atoms with van der Waals surface area (Å²) in [5.74, 6) is -0.799. The summed E-state index contributed by atoms with van der Waals surface area (Å²) in [5.41, 5.74) is 11.0. The molecule has 1 saturated carbocycles. The van der Waals surface area contributed by atoms with Gasteiger partial charge in [0.05, 0.1) is 34.2 Å². The van der Waals surface area contributed by atoms with Crippen molar-refractivity contribution in [1.82, 2.24) is 45.4 Å². The number of benzene rings is 1. The lowest BCUT2D eigenvalue weighted by Gasteiger charge is -2.37. The molecule has 0 unspecified atom stereocenters. The number of ether oxygens (including phenoxy) is 1. The number of likely N-dealkylation sites (N-methyl/N-ethyl adjacent to an activating group) is 2. The molecule has 1 aromatic carbocycles. The third-order valence-electron chi connectivity index (χ3n) is 14.3. The number of hydrazine groups is 1. The fourth-order valence-electron chi connectivity index (χ4n) is 10.1. The van der Waals surface area contributed by atoms with Crippen LogP contribution in [0, 0.1) is 11.3 Å². The number of allylic oxidation sites excluding steroid dienone is 1. The van der Waals surface area contributed by atoms with Gasteiger partial charge >= 0.3 is 6.03 Å². The van der Waals surface area contributed by atoms with Crippen molar-refractivity contribution >= 4 is 51.8 Å². The van der Waals surface area contributed by atoms with Crippen molar-refractivity contribution < 1.29 is 31.6 Å². The van der Waals surface area contributed by atoms with Crippen LogP contribution in [0.3, 0.4) is 0 Å². The van der Waals surface area contributed by atoms with Crippen LogP contribution >= 0.6 is 11.3 Å². The number of amides is 5. The molecule has 15 nitrogen and oxygen atoms in total. The Hall–Kier alpha value is -5.45. The first kappa shape index (κ1) is 51.4. The minimum Gasteiger partial charge on any atom is -0.375 e. The van der Waals surface area contributed by atoms with E-state index in [0.717, 1.165) is 89.8 Å². The molecule has 5 amide bonds. The Morgan fingerprint density at radius 1 is 1.07 bits per heavy atom. The molecule has 69 heavy (non-hydrogen) atoms. The lowest BCUT2D eigenvalue weighted by Crippen LogP contribution is -2.62. The molecular weight excluding hydrogens is 891 g/mol. The summed E-state index contributed by atoms with van der Waals surface area (Å²) in [6.07, 6.45) is 11.8. The number of rotatable bonds is 10. The molecule has 0 spiro atoms. The van der Waals surface area contributed by atoms with E-state index in [9.17, 15) is 24.0 Å². The Morgan fingerprint density at radius 3 is 2.51 bits per heavy atom. The molecule has 1 saturated heterocycles. The second kappa shape index (κ2) is 22.1. The van der Waals surface area contributed by atoms with Gasteiger partial charge in [0.15, 0.2) is 5.78 Å². The SMILES string of the molecule is CCn1c(-c2cccnc2[C@H](C)OC)c2c3cc(ccc31)-c1csc(n1)C[C@H](NC(=O)[C@H](C(C)C)N(C)C(=O)N(C)C1CC1)C(=O)N1CCC[C@H](N1)C(=O)CCC(C)(C)C2.CNC(=O)C1=CCCC1.[HH].[HH]. The maximum Gasteiger partial charge on any atom is 0.320 e. The quantitative estimate of drug-likeness (QED) is 0.141. The number of Topliss-reactive ketones (excluding diaryl/α,β-unsaturated/α-hetero) is 1. The molecule has 4 aliphatic rings. The van der Waals surface area contributed by atoms with Crippen molar-refractivity contribution in [3.63, 3.8) is 0 Å². The predicted octanol–water partition coefficient (Wildman–Crippen LogP) is 8.51. The standard InChI is InChI=1S/C46H62N8O5S.C7H11NO.2H2/c1-10-53-37-18-15-29-23-32(37)33(42(53)31-13-11-21-47-40(31)28(4)59-9)25-46(5,6)20-19-38(55)34-14-12-22-54(50-34)44(57)35(24-39-48-36(29)26-60-39)49-43(56)41(27(2)3)52(8)45(58)51(7)30-16-17-30;1-8-7(9)6-4-2-3-5-6;;/h11,13,15,18,21,23,26-28,30,34-35,41,50H,10,12,14,16-17,19-20,22,24-25H2,1-9H3,(H,49,56);4H,2-3,5H2,1H3,(H,8,9);2*1H/t28-,34-,35-,41-;;;/m0.../s1. The van der Waals surface area contributed by atoms with Gasteiger partial charge in [-0.1, -0.05) is 39.8 Å². The number of fused-ring (bicyclic) bond motifs is 6. The second-order valence-electron chi connectivity index (χ2n) is 20.3. The second-order valence-corrected chi connectivity index (χ2v) is 21.2. The molecule has 3 N–H and O–H groups in total. The third kappa shape index (κ3) is 11.6. The van der Waals surface area contributed by atoms with Crippen LogP contribution in [0.2, 0.25) is 0 Å². The molecular formula is C53H77N9O6S. The van der Waals surface area contributed by atoms with Gasteiger partial charge in [0.1, 0.15) is 12.1 Å². The van der Waals surface area contributed by atoms with Crippen molar-refractivity contribution in [2.75, 3.05) is 34.8 Å². The maximum absolute atomic E-state index is 14.5. The number of hydrogen-bond donors (Lipinski definition) is 3. The molecule has 6 bridgehead atoms. The Labute approximate surface area is 414 Å². The van der Waals surface area contributed by atoms with Crippen molar-refractivity contribution in [3.8, 4) is 22.5 Å². The number of pyridine rings is 1. The van der Waals surface area contributed by atoms with Gasteiger partial charge in [0.2, 0.25) is 11.8 Å². The fourth-order valence-corrected chi connectivity index (χ4v) is 11.0. The predicted molar refractivity (Wildman–Crippen MR) is 275 cm³/mol. The van der Waals surface area contributed by atoms with Crippen LogP contribution in [0.25, 0.3) is 33.4 Å². The van der Waals surface area contributed by atoms with Crippen LogP contribution < -0.4 is 16.1 Å². The monoisotopic (exact) mass is 968 g/mol. The van der Waals surface area contributed by atoms with Crippen molar-refractivity contribution in [2.45, 2.75) is 149 Å². The zero-order valence-corrected chi connectivity index (χ0v) is 43.1. The van der Waals surface area contributed by atoms with E-state index in [1.165, 1.54) is 26.8 Å². The Morgan fingerprint density at radius 2 is 1.84 bits per heavy atom. The van der Waals surface area contributed by atoms with E-state index >= 15 is 0 Å². The van der Waals surface area contributed by atoms with Crippen LogP contribution in [0.15, 0.2) is 53.6 Å². The average molecular weight is 968 g/mol. The minimum atomic E-state index is -0.986. The Bertz CT molecular complexity index is 2570. The summed E-state index contributed by atoms with van der Waals surface area (Å²) < 4.78 is 8.19. The van der Waals surface area contributed by atoms with Crippen molar-refractivity contribution in [3.05, 3.63) is 69.8 Å². The highest BCUT2D eigenvalue weighted by Gasteiger charge is 2.40. The summed E-state index contributed by atoms with van der Waals surface area (Å²) in [7, 11) is 6.81. The van der Waals surface area contributed by atoms with Gasteiger partial charge in [-0.25, -0.2) is 15.2 Å². The van der Waals surface area contributed by atoms with Crippen LogP contribution in [-0.2, 0) is 43.3 Å². The van der Waals surface area contributed by atoms with E-state index in [2.05, 4.69) is 65.7 Å². The molecule has 4 atom stereocenters. The number of aryl methyl sites for hydroxylation is 1. The normalized spacial score (nSPS) is 20.3. The van der Waals surface area contributed by atoms with Gasteiger partial charge in [-0.3, -0.25) is 29.2 Å². The number of carbonyl (C=O) groups is 5. The molecule has 8 rings (SSSR count). The summed E-state index contributed by atoms with van der Waals surface area (Å²) in [4.78, 5) is 80.3. The number of aromatic nitrogens is 3. The summed E-state index contributed by atoms with van der Waals surface area (Å²) in [6, 6.07) is 8.25. The highest BCUT2D eigenvalue weighted by molar-refractivity contribution is 7.10. The minimum absolute atomic E-state index is 0. The van der Waals surface area contributed by atoms with E-state index in [-0.39, 0.29) is 56.4 Å². The van der Waals surface area contributed by atoms with Gasteiger partial charge in [-0.05, 0) is 113 Å². The van der Waals surface area contributed by atoms with Gasteiger partial charge < -0.3 is 29.7 Å². The lowest BCUT2D eigenvalue weighted by atomic mass is 9.79. The number of ketones is 1. The van der Waals surface area contributed by atoms with Gasteiger partial charge in [0, 0.05) is 102 Å². The molecule has 2 fully saturated rings. The zero-order valence-electron chi connectivity index (χ0n) is 42.3. The van der Waals surface area contributed by atoms with E-state index in [4.69, 9.17) is 14.7 Å². The van der Waals surface area contributed by atoms with Crippen LogP contribution in [0.1, 0.15) is 125 Å². The van der Waals surface area contributed by atoms with Gasteiger partial charge in [0.25, 0.3) is 5.91 Å². The number of urea groups is 1. The zero-order chi connectivity index (χ0) is 49.7. The molecule has 4 aromatic rings. The average Bonchev–Trinajstić information content (AvgIpc) is 3.69. The number of hydrogen-bond acceptors (Lipinski definition) is 10. The number of nitrogens with zero attached hydrogens (tertiary/aromatic N) is 6. The maximum atomic E-state index is 14.5. The van der Waals surface area contributed by atoms with Crippen LogP contribution in [0.4, 0.5) is 4.79 Å². The van der Waals surface area contributed by atoms with Crippen molar-refractivity contribution in [1.29, 1.82) is 0 Å². The van der Waals surface area contributed by atoms with Gasteiger partial charge in [-0.2, -0.15) is 0 Å². The molecule has 16 heteroatoms. The van der Waals surface area contributed by atoms with E-state index in [0.29, 0.717) is 37.2 Å². The Kier molecular flexibility index (Phi) is 16.5. The summed E-state index contributed by atoms with van der Waals surface area (Å²) in [6.45, 7) is 13.6. The lowest BCUT2D eigenvalue weighted by molar-refractivity contribution is -0.143. The van der Waals surface area contributed by atoms with E-state index in [1.807, 2.05) is 44.5 Å². The topological polar surface area (TPSA) is 171 Å². The summed E-state index contributed by atoms with van der Waals surface area (Å²) in [5, 5.41) is 11.0. The fraction of sp³-hybridized carbons (Fsp3) is 0.566. The first-order valence-electron chi connectivity index (χ1n) is 24.9. The summed E-state index contributed by atoms with van der Waals surface area (Å²) >= 11 is 1.45. The molecule has 2 aliphatic carbocycles. The smallest absolute Gasteiger partial charge is 0.320 e. The molecule has 5 heterocycles. The van der Waals surface area contributed by atoms with Gasteiger partial charge in [-0.15, -0.1) is 11.3 Å². The van der Waals surface area contributed by atoms with Crippen LogP contribution in [0.5, 0.6) is 0 Å². The molecule has 0 radical (unpaired) electrons. The highest BCUT2D eigenvalue weighted by atomic mass is 32.1. The largest absolute Gasteiger partial charge is 0.375 e. The van der Waals surface area contributed by atoms with Crippen LogP contribution in [-0.4, -0.2) is 118 Å². The first-order chi connectivity index (χ1) is 33.0. The Balaban J connectivity index is 0.000000768. The molecule has 2 aliphatic heterocycles. The molecule has 3 aromatic heterocycles. The van der Waals surface area contributed by atoms with Crippen molar-refractivity contribution in [2.24, 2.45) is 11.3 Å². The highest BCUT2D eigenvalue weighted by Crippen LogP contribution is 2.43. The number of nitrogens with one attached hydrogen (secondary N) is 3. The molecule has 376 valence electrons. The number of methoxy groups -OCH3 is 1. The van der Waals surface area contributed by atoms with E-state index < -0.39 is 24.0 Å². The number of thiazole rings is 1. The first-order valence-corrected chi connectivity index (χ1v) is 25.7. The van der Waals surface area contributed by atoms with E-state index in [1.54, 1.807) is 33.2 Å².